The van der Waals surface area contributed by atoms with Crippen molar-refractivity contribution >= 4 is 0 Å². The number of para-hydroxylation sites is 2. The van der Waals surface area contributed by atoms with E-state index in [9.17, 15) is 10.5 Å². The van der Waals surface area contributed by atoms with Crippen LogP contribution in [0.3, 0.4) is 0 Å². The molecule has 47 heavy (non-hydrogen) atoms. The molecule has 4 aromatic rings. The zero-order valence-corrected chi connectivity index (χ0v) is 28.4. The monoisotopic (exact) mass is 628 g/mol. The molecule has 2 unspecified atom stereocenters. The van der Waals surface area contributed by atoms with Gasteiger partial charge in [-0.1, -0.05) is 124 Å². The molecule has 0 spiro atoms. The number of nitrogens with zero attached hydrogens (tertiary/aromatic N) is 2. The minimum atomic E-state index is -0.502. The maximum atomic E-state index is 9.73. The largest absolute Gasteiger partial charge is 0.491 e. The molecule has 5 heteroatoms. The number of hydrogen-bond donors (Lipinski definition) is 0. The van der Waals surface area contributed by atoms with Crippen LogP contribution in [0.4, 0.5) is 0 Å². The van der Waals surface area contributed by atoms with E-state index in [0.29, 0.717) is 26.4 Å². The summed E-state index contributed by atoms with van der Waals surface area (Å²) in [6.45, 7) is 9.99. The van der Waals surface area contributed by atoms with E-state index < -0.39 is 10.8 Å². The number of nitriles is 2. The van der Waals surface area contributed by atoms with Crippen molar-refractivity contribution in [1.82, 2.24) is 0 Å². The lowest BCUT2D eigenvalue weighted by atomic mass is 9.87. The van der Waals surface area contributed by atoms with Gasteiger partial charge in [-0.25, -0.2) is 0 Å². The van der Waals surface area contributed by atoms with E-state index in [1.54, 1.807) is 0 Å². The summed E-state index contributed by atoms with van der Waals surface area (Å²) in [6.07, 6.45) is 5.80. The fourth-order valence-electron chi connectivity index (χ4n) is 5.44. The van der Waals surface area contributed by atoms with Gasteiger partial charge in [-0.3, -0.25) is 0 Å². The van der Waals surface area contributed by atoms with Gasteiger partial charge in [-0.05, 0) is 61.1 Å². The van der Waals surface area contributed by atoms with E-state index in [4.69, 9.17) is 14.2 Å². The summed E-state index contributed by atoms with van der Waals surface area (Å²) in [6, 6.07) is 37.7. The van der Waals surface area contributed by atoms with Crippen molar-refractivity contribution in [3.8, 4) is 45.9 Å². The molecule has 2 atom stereocenters. The molecular formula is C42H48N2O3. The first kappa shape index (κ1) is 35.3. The van der Waals surface area contributed by atoms with E-state index >= 15 is 0 Å². The highest BCUT2D eigenvalue weighted by Gasteiger charge is 2.26. The number of unbranched alkanes of at least 4 members (excludes halogenated alkanes) is 2. The minimum absolute atomic E-state index is 0.370. The fourth-order valence-corrected chi connectivity index (χ4v) is 5.44. The van der Waals surface area contributed by atoms with E-state index in [2.05, 4.69) is 86.6 Å². The smallest absolute Gasteiger partial charge is 0.127 e. The minimum Gasteiger partial charge on any atom is -0.491 e. The van der Waals surface area contributed by atoms with Crippen LogP contribution in [-0.2, 0) is 18.0 Å². The second-order valence-electron chi connectivity index (χ2n) is 13.0. The summed E-state index contributed by atoms with van der Waals surface area (Å²) in [7, 11) is 0. The van der Waals surface area contributed by atoms with E-state index in [-0.39, 0.29) is 0 Å². The highest BCUT2D eigenvalue weighted by atomic mass is 16.5. The molecule has 0 saturated heterocycles. The second-order valence-corrected chi connectivity index (χ2v) is 13.0. The molecular weight excluding hydrogens is 580 g/mol. The van der Waals surface area contributed by atoms with Crippen LogP contribution >= 0.6 is 0 Å². The predicted molar refractivity (Wildman–Crippen MR) is 190 cm³/mol. The van der Waals surface area contributed by atoms with Crippen LogP contribution in [0.2, 0.25) is 0 Å². The fraction of sp³-hybridized carbons (Fsp3) is 0.381. The number of hydrogen-bond acceptors (Lipinski definition) is 5. The summed E-state index contributed by atoms with van der Waals surface area (Å²) in [5.41, 5.74) is 5.34. The van der Waals surface area contributed by atoms with Crippen LogP contribution in [0.1, 0.15) is 77.3 Å². The first-order valence-electron chi connectivity index (χ1n) is 16.8. The van der Waals surface area contributed by atoms with Gasteiger partial charge in [0.25, 0.3) is 0 Å². The van der Waals surface area contributed by atoms with Crippen molar-refractivity contribution in [2.45, 2.75) is 79.4 Å². The maximum absolute atomic E-state index is 9.73. The van der Waals surface area contributed by atoms with Gasteiger partial charge in [-0.2, -0.15) is 10.5 Å². The Hall–Kier alpha value is -4.58. The van der Waals surface area contributed by atoms with Gasteiger partial charge >= 0.3 is 0 Å². The summed E-state index contributed by atoms with van der Waals surface area (Å²) < 4.78 is 18.5. The first-order chi connectivity index (χ1) is 22.8. The van der Waals surface area contributed by atoms with Gasteiger partial charge < -0.3 is 14.2 Å². The lowest BCUT2D eigenvalue weighted by Gasteiger charge is -2.22. The maximum Gasteiger partial charge on any atom is 0.127 e. The molecule has 0 fully saturated rings. The van der Waals surface area contributed by atoms with Crippen molar-refractivity contribution in [2.24, 2.45) is 10.8 Å². The molecule has 0 aliphatic heterocycles. The summed E-state index contributed by atoms with van der Waals surface area (Å²) in [5, 5.41) is 19.5. The second kappa shape index (κ2) is 17.4. The Kier molecular flexibility index (Phi) is 13.0. The highest BCUT2D eigenvalue weighted by Crippen LogP contribution is 2.34. The standard InChI is InChI=1S/C42H48N2O3/c1-5-7-25-41(3,29-43)31-46-39-15-11-9-13-37(39)35-21-17-33(18-22-35)27-45-28-34-19-23-36(24-20-34)38-14-10-12-16-40(38)47-32-42(4,30-44)26-8-6-2/h9-24H,5-8,25-28,31-32H2,1-4H3. The third-order valence-electron chi connectivity index (χ3n) is 8.64. The molecule has 4 aromatic carbocycles. The third kappa shape index (κ3) is 10.2. The molecule has 0 heterocycles. The Bertz CT molecular complexity index is 1510. The van der Waals surface area contributed by atoms with Gasteiger partial charge in [0, 0.05) is 11.1 Å². The van der Waals surface area contributed by atoms with Crippen LogP contribution < -0.4 is 9.47 Å². The normalized spacial score (nSPS) is 13.5. The quantitative estimate of drug-likeness (QED) is 0.110. The zero-order valence-electron chi connectivity index (χ0n) is 28.4. The molecule has 0 aromatic heterocycles. The molecule has 5 nitrogen and oxygen atoms in total. The number of benzene rings is 4. The molecule has 0 aliphatic rings. The Balaban J connectivity index is 1.32. The first-order valence-corrected chi connectivity index (χ1v) is 16.8. The summed E-state index contributed by atoms with van der Waals surface area (Å²) in [4.78, 5) is 0. The average molecular weight is 629 g/mol. The topological polar surface area (TPSA) is 75.3 Å². The van der Waals surface area contributed by atoms with Crippen molar-refractivity contribution < 1.29 is 14.2 Å². The highest BCUT2D eigenvalue weighted by molar-refractivity contribution is 5.71. The Morgan fingerprint density at radius 3 is 1.30 bits per heavy atom. The molecule has 0 saturated carbocycles. The van der Waals surface area contributed by atoms with E-state index in [0.717, 1.165) is 83.4 Å². The summed E-state index contributed by atoms with van der Waals surface area (Å²) in [5.74, 6) is 1.58. The number of ether oxygens (including phenoxy) is 3. The summed E-state index contributed by atoms with van der Waals surface area (Å²) >= 11 is 0. The van der Waals surface area contributed by atoms with E-state index in [1.807, 2.05) is 50.2 Å². The molecule has 0 amide bonds. The predicted octanol–water partition coefficient (Wildman–Crippen LogP) is 10.9. The van der Waals surface area contributed by atoms with Crippen molar-refractivity contribution in [3.05, 3.63) is 108 Å². The van der Waals surface area contributed by atoms with Crippen LogP contribution in [0, 0.1) is 33.5 Å². The lowest BCUT2D eigenvalue weighted by molar-refractivity contribution is 0.107. The van der Waals surface area contributed by atoms with E-state index in [1.165, 1.54) is 0 Å². The Labute approximate surface area is 281 Å². The Morgan fingerprint density at radius 2 is 0.936 bits per heavy atom. The SMILES string of the molecule is CCCCC(C)(C#N)COc1ccccc1-c1ccc(COCc2ccc(-c3ccccc3OCC(C)(C#N)CCCC)cc2)cc1. The van der Waals surface area contributed by atoms with Gasteiger partial charge in [0.05, 0.1) is 36.2 Å². The molecule has 0 bridgehead atoms. The molecule has 244 valence electrons. The van der Waals surface area contributed by atoms with Gasteiger partial charge in [0.2, 0.25) is 0 Å². The molecule has 0 N–H and O–H groups in total. The van der Waals surface area contributed by atoms with Crippen molar-refractivity contribution in [2.75, 3.05) is 13.2 Å². The van der Waals surface area contributed by atoms with Crippen molar-refractivity contribution in [1.29, 1.82) is 10.5 Å². The van der Waals surface area contributed by atoms with Crippen LogP contribution in [0.5, 0.6) is 11.5 Å². The average Bonchev–Trinajstić information content (AvgIpc) is 3.12. The van der Waals surface area contributed by atoms with Gasteiger partial charge in [-0.15, -0.1) is 0 Å². The van der Waals surface area contributed by atoms with Gasteiger partial charge in [0.1, 0.15) is 24.7 Å². The van der Waals surface area contributed by atoms with Crippen LogP contribution in [0.25, 0.3) is 22.3 Å². The zero-order chi connectivity index (χ0) is 33.5. The van der Waals surface area contributed by atoms with Crippen LogP contribution in [0.15, 0.2) is 97.1 Å². The van der Waals surface area contributed by atoms with Crippen LogP contribution in [-0.4, -0.2) is 13.2 Å². The van der Waals surface area contributed by atoms with Gasteiger partial charge in [0.15, 0.2) is 0 Å². The lowest BCUT2D eigenvalue weighted by Crippen LogP contribution is -2.23. The van der Waals surface area contributed by atoms with Crippen molar-refractivity contribution in [3.63, 3.8) is 0 Å². The molecule has 0 aliphatic carbocycles. The third-order valence-corrected chi connectivity index (χ3v) is 8.64. The number of rotatable bonds is 18. The molecule has 4 rings (SSSR count). The Morgan fingerprint density at radius 1 is 0.553 bits per heavy atom. The molecule has 0 radical (unpaired) electrons.